The van der Waals surface area contributed by atoms with Gasteiger partial charge < -0.3 is 15.2 Å². The lowest BCUT2D eigenvalue weighted by molar-refractivity contribution is 0.211. The van der Waals surface area contributed by atoms with Gasteiger partial charge in [0.2, 0.25) is 5.95 Å². The summed E-state index contributed by atoms with van der Waals surface area (Å²) in [5.74, 6) is 2.72. The zero-order chi connectivity index (χ0) is 22.0. The van der Waals surface area contributed by atoms with Crippen LogP contribution in [-0.4, -0.2) is 51.5 Å². The van der Waals surface area contributed by atoms with Gasteiger partial charge in [0.15, 0.2) is 0 Å². The molecule has 6 nitrogen and oxygen atoms in total. The van der Waals surface area contributed by atoms with Gasteiger partial charge in [0.25, 0.3) is 0 Å². The van der Waals surface area contributed by atoms with Crippen molar-refractivity contribution in [3.8, 4) is 11.4 Å². The second-order valence-corrected chi connectivity index (χ2v) is 9.53. The first-order valence-electron chi connectivity index (χ1n) is 11.7. The van der Waals surface area contributed by atoms with Crippen LogP contribution in [0.3, 0.4) is 0 Å². The molecule has 2 N–H and O–H groups in total. The third-order valence-corrected chi connectivity index (χ3v) is 6.45. The number of anilines is 1. The van der Waals surface area contributed by atoms with Crippen molar-refractivity contribution in [3.63, 3.8) is 0 Å². The molecule has 0 unspecified atom stereocenters. The first-order chi connectivity index (χ1) is 14.9. The second kappa shape index (κ2) is 9.35. The molecule has 1 saturated heterocycles. The standard InChI is InChI=1S/C25H36N6/c1-16(2)22-20(24-28-21-14-17(3)13-18(4)23(21)29-24)15-27-25(30-22)26-10-6-7-19-8-11-31(5)12-9-19/h13-16,19H,6-12H2,1-5H3,(H,28,29)(H,26,27,30). The van der Waals surface area contributed by atoms with Gasteiger partial charge >= 0.3 is 0 Å². The number of hydrogen-bond donors (Lipinski definition) is 2. The number of nitrogens with one attached hydrogen (secondary N) is 2. The largest absolute Gasteiger partial charge is 0.354 e. The van der Waals surface area contributed by atoms with E-state index >= 15 is 0 Å². The normalized spacial score (nSPS) is 15.8. The first kappa shape index (κ1) is 21.8. The maximum atomic E-state index is 4.87. The molecule has 1 aliphatic heterocycles. The molecule has 6 heteroatoms. The van der Waals surface area contributed by atoms with E-state index in [1.54, 1.807) is 0 Å². The maximum absolute atomic E-state index is 4.87. The quantitative estimate of drug-likeness (QED) is 0.508. The van der Waals surface area contributed by atoms with E-state index in [1.165, 1.54) is 49.9 Å². The maximum Gasteiger partial charge on any atom is 0.222 e. The minimum atomic E-state index is 0.286. The molecular weight excluding hydrogens is 384 g/mol. The van der Waals surface area contributed by atoms with E-state index in [-0.39, 0.29) is 5.92 Å². The Hall–Kier alpha value is -2.47. The number of likely N-dealkylation sites (tertiary alicyclic amines) is 1. The molecule has 0 atom stereocenters. The van der Waals surface area contributed by atoms with Crippen LogP contribution in [0.15, 0.2) is 18.3 Å². The summed E-state index contributed by atoms with van der Waals surface area (Å²) >= 11 is 0. The van der Waals surface area contributed by atoms with Crippen LogP contribution in [0.5, 0.6) is 0 Å². The molecule has 1 aliphatic rings. The molecule has 0 aliphatic carbocycles. The monoisotopic (exact) mass is 420 g/mol. The highest BCUT2D eigenvalue weighted by atomic mass is 15.1. The molecule has 0 spiro atoms. The van der Waals surface area contributed by atoms with E-state index in [0.29, 0.717) is 0 Å². The average Bonchev–Trinajstić information content (AvgIpc) is 3.16. The van der Waals surface area contributed by atoms with Crippen LogP contribution in [0.4, 0.5) is 5.95 Å². The number of benzene rings is 1. The summed E-state index contributed by atoms with van der Waals surface area (Å²) in [7, 11) is 2.22. The SMILES string of the molecule is Cc1cc(C)c2nc(-c3cnc(NCCCC4CCN(C)CC4)nc3C(C)C)[nH]c2c1. The van der Waals surface area contributed by atoms with Crippen molar-refractivity contribution in [3.05, 3.63) is 35.2 Å². The van der Waals surface area contributed by atoms with E-state index in [9.17, 15) is 0 Å². The summed E-state index contributed by atoms with van der Waals surface area (Å²) < 4.78 is 0. The first-order valence-corrected chi connectivity index (χ1v) is 11.7. The molecule has 0 bridgehead atoms. The van der Waals surface area contributed by atoms with Gasteiger partial charge in [-0.05, 0) is 88.7 Å². The number of imidazole rings is 1. The fourth-order valence-electron chi connectivity index (χ4n) is 4.64. The van der Waals surface area contributed by atoms with Crippen molar-refractivity contribution in [2.75, 3.05) is 32.0 Å². The molecule has 2 aromatic heterocycles. The van der Waals surface area contributed by atoms with Crippen LogP contribution in [0, 0.1) is 19.8 Å². The molecule has 0 amide bonds. The Balaban J connectivity index is 1.45. The van der Waals surface area contributed by atoms with E-state index in [2.05, 4.69) is 67.1 Å². The predicted molar refractivity (Wildman–Crippen MR) is 129 cm³/mol. The van der Waals surface area contributed by atoms with Gasteiger partial charge in [0, 0.05) is 12.7 Å². The van der Waals surface area contributed by atoms with Gasteiger partial charge in [-0.15, -0.1) is 0 Å². The fourth-order valence-corrected chi connectivity index (χ4v) is 4.64. The molecule has 1 aromatic carbocycles. The molecule has 166 valence electrons. The molecule has 0 saturated carbocycles. The third kappa shape index (κ3) is 5.06. The van der Waals surface area contributed by atoms with Crippen molar-refractivity contribution < 1.29 is 0 Å². The van der Waals surface area contributed by atoms with E-state index in [1.807, 2.05) is 6.20 Å². The summed E-state index contributed by atoms with van der Waals surface area (Å²) in [6.07, 6.45) is 7.03. The van der Waals surface area contributed by atoms with Gasteiger partial charge in [-0.3, -0.25) is 0 Å². The van der Waals surface area contributed by atoms with Crippen molar-refractivity contribution in [1.82, 2.24) is 24.8 Å². The van der Waals surface area contributed by atoms with Crippen LogP contribution in [0.2, 0.25) is 0 Å². The Labute approximate surface area is 185 Å². The predicted octanol–water partition coefficient (Wildman–Crippen LogP) is 5.29. The van der Waals surface area contributed by atoms with E-state index in [0.717, 1.165) is 46.5 Å². The number of hydrogen-bond acceptors (Lipinski definition) is 5. The van der Waals surface area contributed by atoms with Crippen LogP contribution in [-0.2, 0) is 0 Å². The van der Waals surface area contributed by atoms with Crippen LogP contribution in [0.25, 0.3) is 22.4 Å². The van der Waals surface area contributed by atoms with Crippen LogP contribution >= 0.6 is 0 Å². The molecule has 0 radical (unpaired) electrons. The Morgan fingerprint density at radius 1 is 1.16 bits per heavy atom. The highest BCUT2D eigenvalue weighted by molar-refractivity contribution is 5.83. The van der Waals surface area contributed by atoms with Crippen LogP contribution in [0.1, 0.15) is 62.3 Å². The van der Waals surface area contributed by atoms with Crippen molar-refractivity contribution in [2.24, 2.45) is 5.92 Å². The Bertz CT molecular complexity index is 1030. The smallest absolute Gasteiger partial charge is 0.222 e. The number of H-pyrrole nitrogens is 1. The third-order valence-electron chi connectivity index (χ3n) is 6.45. The summed E-state index contributed by atoms with van der Waals surface area (Å²) in [6, 6.07) is 4.32. The Morgan fingerprint density at radius 2 is 1.94 bits per heavy atom. The van der Waals surface area contributed by atoms with Gasteiger partial charge in [0.1, 0.15) is 5.82 Å². The Kier molecular flexibility index (Phi) is 6.56. The summed E-state index contributed by atoms with van der Waals surface area (Å²) in [5.41, 5.74) is 6.53. The van der Waals surface area contributed by atoms with E-state index < -0.39 is 0 Å². The lowest BCUT2D eigenvalue weighted by atomic mass is 9.92. The molecule has 4 rings (SSSR count). The highest BCUT2D eigenvalue weighted by Gasteiger charge is 2.18. The minimum absolute atomic E-state index is 0.286. The molecule has 3 aromatic rings. The average molecular weight is 421 g/mol. The van der Waals surface area contributed by atoms with Crippen molar-refractivity contribution in [1.29, 1.82) is 0 Å². The van der Waals surface area contributed by atoms with E-state index in [4.69, 9.17) is 9.97 Å². The second-order valence-electron chi connectivity index (χ2n) is 9.53. The topological polar surface area (TPSA) is 69.7 Å². The number of rotatable bonds is 7. The van der Waals surface area contributed by atoms with Gasteiger partial charge in [-0.1, -0.05) is 19.9 Å². The summed E-state index contributed by atoms with van der Waals surface area (Å²) in [5, 5.41) is 3.45. The van der Waals surface area contributed by atoms with Gasteiger partial charge in [0.05, 0.1) is 22.3 Å². The fraction of sp³-hybridized carbons (Fsp3) is 0.560. The summed E-state index contributed by atoms with van der Waals surface area (Å²) in [4.78, 5) is 20.3. The number of aromatic amines is 1. The Morgan fingerprint density at radius 3 is 2.68 bits per heavy atom. The van der Waals surface area contributed by atoms with Gasteiger partial charge in [-0.25, -0.2) is 15.0 Å². The van der Waals surface area contributed by atoms with Crippen molar-refractivity contribution >= 4 is 17.0 Å². The molecule has 1 fully saturated rings. The zero-order valence-corrected chi connectivity index (χ0v) is 19.6. The van der Waals surface area contributed by atoms with Gasteiger partial charge in [-0.2, -0.15) is 0 Å². The number of fused-ring (bicyclic) bond motifs is 1. The minimum Gasteiger partial charge on any atom is -0.354 e. The zero-order valence-electron chi connectivity index (χ0n) is 19.6. The summed E-state index contributed by atoms with van der Waals surface area (Å²) in [6.45, 7) is 12.0. The highest BCUT2D eigenvalue weighted by Crippen LogP contribution is 2.29. The van der Waals surface area contributed by atoms with Crippen LogP contribution < -0.4 is 5.32 Å². The number of piperidine rings is 1. The lowest BCUT2D eigenvalue weighted by Crippen LogP contribution is -2.30. The number of aryl methyl sites for hydroxylation is 2. The van der Waals surface area contributed by atoms with Crippen molar-refractivity contribution in [2.45, 2.75) is 59.3 Å². The number of nitrogens with zero attached hydrogens (tertiary/aromatic N) is 4. The molecule has 31 heavy (non-hydrogen) atoms. The number of aromatic nitrogens is 4. The molecule has 3 heterocycles. The lowest BCUT2D eigenvalue weighted by Gasteiger charge is -2.28. The molecular formula is C25H36N6.